The van der Waals surface area contributed by atoms with Gasteiger partial charge in [0.15, 0.2) is 0 Å². The Hall–Kier alpha value is -3.03. The van der Waals surface area contributed by atoms with Gasteiger partial charge in [-0.15, -0.1) is 0 Å². The highest BCUT2D eigenvalue weighted by Crippen LogP contribution is 2.35. The molecule has 0 aliphatic heterocycles. The lowest BCUT2D eigenvalue weighted by Gasteiger charge is -2.21. The standard InChI is InChI=1S/C19H18F3NO4/c1-2-27-16-6-4-3-5-15(16)19(21,22)18(26)23-11-14(17(24)25)12-7-9-13(20)10-8-12/h3-10,14H,2,11H2,1H3,(H,23,26)(H,24,25). The average molecular weight is 381 g/mol. The quantitative estimate of drug-likeness (QED) is 0.736. The van der Waals surface area contributed by atoms with Crippen molar-refractivity contribution in [3.63, 3.8) is 0 Å². The molecule has 2 aromatic carbocycles. The number of carbonyl (C=O) groups excluding carboxylic acids is 1. The number of amides is 1. The van der Waals surface area contributed by atoms with E-state index in [1.54, 1.807) is 6.92 Å². The Kier molecular flexibility index (Phi) is 6.44. The SMILES string of the molecule is CCOc1ccccc1C(F)(F)C(=O)NCC(C(=O)O)c1ccc(F)cc1. The summed E-state index contributed by atoms with van der Waals surface area (Å²) < 4.78 is 47.2. The molecule has 2 rings (SSSR count). The molecule has 8 heteroatoms. The number of nitrogens with one attached hydrogen (secondary N) is 1. The summed E-state index contributed by atoms with van der Waals surface area (Å²) in [5.41, 5.74) is -0.430. The van der Waals surface area contributed by atoms with Crippen LogP contribution in [0.1, 0.15) is 24.0 Å². The van der Waals surface area contributed by atoms with Gasteiger partial charge in [-0.1, -0.05) is 24.3 Å². The number of carboxylic acids is 1. The second kappa shape index (κ2) is 8.57. The maximum absolute atomic E-state index is 14.6. The summed E-state index contributed by atoms with van der Waals surface area (Å²) in [7, 11) is 0. The van der Waals surface area contributed by atoms with Crippen LogP contribution in [0.25, 0.3) is 0 Å². The number of benzene rings is 2. The van der Waals surface area contributed by atoms with Crippen LogP contribution in [0.3, 0.4) is 0 Å². The van der Waals surface area contributed by atoms with Gasteiger partial charge >= 0.3 is 11.9 Å². The van der Waals surface area contributed by atoms with E-state index in [-0.39, 0.29) is 17.9 Å². The molecule has 144 valence electrons. The van der Waals surface area contributed by atoms with Crippen LogP contribution in [0.2, 0.25) is 0 Å². The third kappa shape index (κ3) is 4.78. The van der Waals surface area contributed by atoms with Crippen LogP contribution in [0.15, 0.2) is 48.5 Å². The topological polar surface area (TPSA) is 75.6 Å². The summed E-state index contributed by atoms with van der Waals surface area (Å²) >= 11 is 0. The molecule has 0 bridgehead atoms. The van der Waals surface area contributed by atoms with Crippen LogP contribution in [0, 0.1) is 5.82 Å². The van der Waals surface area contributed by atoms with Crippen molar-refractivity contribution in [1.29, 1.82) is 0 Å². The largest absolute Gasteiger partial charge is 0.493 e. The van der Waals surface area contributed by atoms with E-state index < -0.39 is 41.6 Å². The fourth-order valence-electron chi connectivity index (χ4n) is 2.48. The summed E-state index contributed by atoms with van der Waals surface area (Å²) in [5.74, 6) is -8.90. The average Bonchev–Trinajstić information content (AvgIpc) is 2.63. The highest BCUT2D eigenvalue weighted by molar-refractivity contribution is 5.86. The van der Waals surface area contributed by atoms with Crippen molar-refractivity contribution in [2.24, 2.45) is 0 Å². The number of carbonyl (C=O) groups is 2. The molecule has 0 heterocycles. The maximum atomic E-state index is 14.6. The van der Waals surface area contributed by atoms with E-state index in [9.17, 15) is 27.9 Å². The molecule has 27 heavy (non-hydrogen) atoms. The number of halogens is 3. The van der Waals surface area contributed by atoms with Crippen molar-refractivity contribution < 1.29 is 32.6 Å². The molecule has 2 aromatic rings. The predicted molar refractivity (Wildman–Crippen MR) is 91.3 cm³/mol. The van der Waals surface area contributed by atoms with Crippen LogP contribution in [-0.2, 0) is 15.5 Å². The van der Waals surface area contributed by atoms with Crippen LogP contribution in [0.5, 0.6) is 5.75 Å². The third-order valence-electron chi connectivity index (χ3n) is 3.85. The maximum Gasteiger partial charge on any atom is 0.353 e. The highest BCUT2D eigenvalue weighted by Gasteiger charge is 2.43. The van der Waals surface area contributed by atoms with E-state index in [1.807, 2.05) is 5.32 Å². The van der Waals surface area contributed by atoms with E-state index in [2.05, 4.69) is 0 Å². The molecular weight excluding hydrogens is 363 g/mol. The Morgan fingerprint density at radius 1 is 1.15 bits per heavy atom. The van der Waals surface area contributed by atoms with Gasteiger partial charge in [0, 0.05) is 6.54 Å². The molecule has 1 amide bonds. The zero-order valence-corrected chi connectivity index (χ0v) is 14.4. The van der Waals surface area contributed by atoms with Crippen molar-refractivity contribution >= 4 is 11.9 Å². The van der Waals surface area contributed by atoms with Gasteiger partial charge in [-0.25, -0.2) is 4.39 Å². The summed E-state index contributed by atoms with van der Waals surface area (Å²) in [6.07, 6.45) is 0. The first kappa shape index (κ1) is 20.3. The molecule has 0 aromatic heterocycles. The minimum atomic E-state index is -3.92. The first-order valence-corrected chi connectivity index (χ1v) is 8.14. The first-order valence-electron chi connectivity index (χ1n) is 8.14. The minimum Gasteiger partial charge on any atom is -0.493 e. The van der Waals surface area contributed by atoms with E-state index in [0.717, 1.165) is 18.2 Å². The van der Waals surface area contributed by atoms with Crippen LogP contribution in [-0.4, -0.2) is 30.1 Å². The molecule has 0 saturated carbocycles. The van der Waals surface area contributed by atoms with E-state index in [1.165, 1.54) is 30.3 Å². The molecule has 0 aliphatic carbocycles. The van der Waals surface area contributed by atoms with Crippen molar-refractivity contribution in [3.8, 4) is 5.75 Å². The molecule has 0 aliphatic rings. The van der Waals surface area contributed by atoms with Gasteiger partial charge in [0.1, 0.15) is 11.6 Å². The first-order chi connectivity index (χ1) is 12.8. The molecule has 5 nitrogen and oxygen atoms in total. The van der Waals surface area contributed by atoms with Gasteiger partial charge in [-0.05, 0) is 36.8 Å². The predicted octanol–water partition coefficient (Wildman–Crippen LogP) is 3.30. The minimum absolute atomic E-state index is 0.131. The van der Waals surface area contributed by atoms with Crippen molar-refractivity contribution in [1.82, 2.24) is 5.32 Å². The van der Waals surface area contributed by atoms with E-state index >= 15 is 0 Å². The smallest absolute Gasteiger partial charge is 0.353 e. The summed E-state index contributed by atoms with van der Waals surface area (Å²) in [6, 6.07) is 9.79. The Balaban J connectivity index is 2.17. The van der Waals surface area contributed by atoms with E-state index in [0.29, 0.717) is 0 Å². The number of alkyl halides is 2. The number of ether oxygens (including phenoxy) is 1. The molecular formula is C19H18F3NO4. The second-order valence-corrected chi connectivity index (χ2v) is 5.66. The van der Waals surface area contributed by atoms with E-state index in [4.69, 9.17) is 4.74 Å². The number of para-hydroxylation sites is 1. The third-order valence-corrected chi connectivity index (χ3v) is 3.85. The zero-order chi connectivity index (χ0) is 20.0. The number of rotatable bonds is 8. The molecule has 0 fully saturated rings. The summed E-state index contributed by atoms with van der Waals surface area (Å²) in [6.45, 7) is 1.18. The Labute approximate surface area is 153 Å². The van der Waals surface area contributed by atoms with Crippen LogP contribution >= 0.6 is 0 Å². The van der Waals surface area contributed by atoms with Crippen molar-refractivity contribution in [2.45, 2.75) is 18.8 Å². The summed E-state index contributed by atoms with van der Waals surface area (Å²) in [4.78, 5) is 23.5. The summed E-state index contributed by atoms with van der Waals surface area (Å²) in [5, 5.41) is 11.3. The monoisotopic (exact) mass is 381 g/mol. The Morgan fingerprint density at radius 2 is 1.78 bits per heavy atom. The Morgan fingerprint density at radius 3 is 2.37 bits per heavy atom. The van der Waals surface area contributed by atoms with Crippen molar-refractivity contribution in [3.05, 3.63) is 65.5 Å². The van der Waals surface area contributed by atoms with Gasteiger partial charge < -0.3 is 15.2 Å². The van der Waals surface area contributed by atoms with Gasteiger partial charge in [-0.2, -0.15) is 8.78 Å². The fourth-order valence-corrected chi connectivity index (χ4v) is 2.48. The Bertz CT molecular complexity index is 809. The molecule has 1 atom stereocenters. The van der Waals surface area contributed by atoms with Gasteiger partial charge in [0.2, 0.25) is 0 Å². The lowest BCUT2D eigenvalue weighted by molar-refractivity contribution is -0.147. The molecule has 0 radical (unpaired) electrons. The van der Waals surface area contributed by atoms with Crippen LogP contribution in [0.4, 0.5) is 13.2 Å². The second-order valence-electron chi connectivity index (χ2n) is 5.66. The van der Waals surface area contributed by atoms with Gasteiger partial charge in [-0.3, -0.25) is 9.59 Å². The zero-order valence-electron chi connectivity index (χ0n) is 14.4. The van der Waals surface area contributed by atoms with Gasteiger partial charge in [0.05, 0.1) is 18.1 Å². The lowest BCUT2D eigenvalue weighted by atomic mass is 9.99. The van der Waals surface area contributed by atoms with Crippen molar-refractivity contribution in [2.75, 3.05) is 13.2 Å². The number of aliphatic carboxylic acids is 1. The number of hydrogen-bond acceptors (Lipinski definition) is 3. The fraction of sp³-hybridized carbons (Fsp3) is 0.263. The lowest BCUT2D eigenvalue weighted by Crippen LogP contribution is -2.41. The normalized spacial score (nSPS) is 12.3. The molecule has 2 N–H and O–H groups in total. The highest BCUT2D eigenvalue weighted by atomic mass is 19.3. The van der Waals surface area contributed by atoms with Crippen LogP contribution < -0.4 is 10.1 Å². The van der Waals surface area contributed by atoms with Gasteiger partial charge in [0.25, 0.3) is 5.91 Å². The molecule has 0 spiro atoms. The molecule has 1 unspecified atom stereocenters. The number of carboxylic acid groups (broad SMARTS) is 1. The number of hydrogen-bond donors (Lipinski definition) is 2. The molecule has 0 saturated heterocycles.